The summed E-state index contributed by atoms with van der Waals surface area (Å²) in [5.74, 6) is 0. The van der Waals surface area contributed by atoms with Crippen molar-refractivity contribution in [1.82, 2.24) is 24.9 Å². The number of hydrogen-bond acceptors (Lipinski definition) is 24. The largest absolute Gasteiger partial charge is 0.381 e. The van der Waals surface area contributed by atoms with Gasteiger partial charge in [0.2, 0.25) is 10.9 Å². The number of rotatable bonds is 52. The smallest absolute Gasteiger partial charge is 0.253 e. The molecular weight excluding hydrogens is 1020 g/mol. The van der Waals surface area contributed by atoms with E-state index in [1.165, 1.54) is 0 Å². The van der Waals surface area contributed by atoms with Crippen molar-refractivity contribution in [2.24, 2.45) is 5.73 Å². The molecule has 24 nitrogen and oxygen atoms in total. The Hall–Kier alpha value is -5.44. The average molecular weight is 1110 g/mol. The molecule has 0 aliphatic heterocycles. The molecule has 0 aromatic heterocycles. The summed E-state index contributed by atoms with van der Waals surface area (Å²) in [5.41, 5.74) is 4.42. The number of ether oxygens (including phenoxy) is 3. The van der Waals surface area contributed by atoms with E-state index < -0.39 is 43.4 Å². The second kappa shape index (κ2) is 37.5. The Bertz CT molecular complexity index is 2650. The second-order valence-electron chi connectivity index (χ2n) is 20.4. The first-order valence-corrected chi connectivity index (χ1v) is 28.5. The van der Waals surface area contributed by atoms with Gasteiger partial charge in [-0.15, -0.1) is 0 Å². The van der Waals surface area contributed by atoms with Crippen LogP contribution in [0.5, 0.6) is 0 Å². The van der Waals surface area contributed by atoms with Crippen LogP contribution in [0.4, 0.5) is 39.8 Å². The molecule has 0 saturated heterocycles. The van der Waals surface area contributed by atoms with Gasteiger partial charge in [-0.3, -0.25) is 38.4 Å². The predicted octanol–water partition coefficient (Wildman–Crippen LogP) is -0.411. The molecule has 4 aromatic rings. The average Bonchev–Trinajstić information content (AvgIpc) is 3.45. The molecule has 0 unspecified atom stereocenters. The van der Waals surface area contributed by atoms with Gasteiger partial charge in [-0.05, 0) is 165 Å². The van der Waals surface area contributed by atoms with Crippen LogP contribution in [-0.4, -0.2) is 205 Å². The molecule has 79 heavy (non-hydrogen) atoms. The van der Waals surface area contributed by atoms with E-state index in [4.69, 9.17) is 19.9 Å². The SMILES string of the molecule is CNCCCN(C)CCCNc1c(NCCCN(C)CCCNc2c(NCCCN(C)CCCNc3c(NCCCN(CCCNc4c(C)c(=O)c4=O)CCCOCCOCCOCCCN)c(=O)c3=O)c(=O)c2=O)c(=O)c1=O. The van der Waals surface area contributed by atoms with Crippen LogP contribution in [-0.2, 0) is 14.2 Å². The highest BCUT2D eigenvalue weighted by molar-refractivity contribution is 5.75. The number of nitrogens with two attached hydrogens (primary N) is 1. The minimum atomic E-state index is -0.528. The molecule has 0 radical (unpaired) electrons. The monoisotopic (exact) mass is 1110 g/mol. The summed E-state index contributed by atoms with van der Waals surface area (Å²) >= 11 is 0. The molecule has 444 valence electrons. The molecule has 0 aliphatic carbocycles. The van der Waals surface area contributed by atoms with E-state index in [2.05, 4.69) is 69.2 Å². The topological polar surface area (TPSA) is 299 Å². The van der Waals surface area contributed by atoms with E-state index >= 15 is 0 Å². The minimum absolute atomic E-state index is 0.312. The maximum atomic E-state index is 12.5. The van der Waals surface area contributed by atoms with E-state index in [9.17, 15) is 38.4 Å². The second-order valence-corrected chi connectivity index (χ2v) is 20.4. The van der Waals surface area contributed by atoms with Gasteiger partial charge < -0.3 is 82.1 Å². The first-order valence-electron chi connectivity index (χ1n) is 28.5. The summed E-state index contributed by atoms with van der Waals surface area (Å²) in [6.07, 6.45) is 8.00. The molecule has 10 N–H and O–H groups in total. The number of nitrogens with one attached hydrogen (secondary N) is 8. The summed E-state index contributed by atoms with van der Waals surface area (Å²) in [6, 6.07) is 0. The highest BCUT2D eigenvalue weighted by Gasteiger charge is 2.23. The number of nitrogens with zero attached hydrogens (tertiary/aromatic N) is 4. The fraction of sp³-hybridized carbons (Fsp3) is 0.709. The van der Waals surface area contributed by atoms with E-state index in [1.807, 2.05) is 21.1 Å². The van der Waals surface area contributed by atoms with Crippen LogP contribution in [0.2, 0.25) is 0 Å². The summed E-state index contributed by atoms with van der Waals surface area (Å²) in [5, 5.41) is 25.1. The zero-order chi connectivity index (χ0) is 57.4. The Balaban J connectivity index is 1.04. The molecule has 0 atom stereocenters. The summed E-state index contributed by atoms with van der Waals surface area (Å²) < 4.78 is 16.8. The van der Waals surface area contributed by atoms with E-state index in [0.29, 0.717) is 137 Å². The van der Waals surface area contributed by atoms with Crippen molar-refractivity contribution in [2.75, 3.05) is 223 Å². The lowest BCUT2D eigenvalue weighted by Crippen LogP contribution is -2.38. The van der Waals surface area contributed by atoms with Gasteiger partial charge in [0.05, 0.1) is 32.1 Å². The van der Waals surface area contributed by atoms with Crippen molar-refractivity contribution in [3.8, 4) is 0 Å². The molecule has 24 heteroatoms. The van der Waals surface area contributed by atoms with Gasteiger partial charge in [-0.1, -0.05) is 0 Å². The lowest BCUT2D eigenvalue weighted by Gasteiger charge is -2.23. The molecule has 0 heterocycles. The fourth-order valence-corrected chi connectivity index (χ4v) is 9.06. The zero-order valence-electron chi connectivity index (χ0n) is 47.9. The highest BCUT2D eigenvalue weighted by atomic mass is 16.5. The Morgan fingerprint density at radius 1 is 0.329 bits per heavy atom. The van der Waals surface area contributed by atoms with Crippen LogP contribution in [0.15, 0.2) is 38.4 Å². The highest BCUT2D eigenvalue weighted by Crippen LogP contribution is 2.17. The third-order valence-corrected chi connectivity index (χ3v) is 13.8. The molecule has 0 amide bonds. The Labute approximate surface area is 464 Å². The normalized spacial score (nSPS) is 11.9. The van der Waals surface area contributed by atoms with Crippen molar-refractivity contribution in [3.05, 3.63) is 87.4 Å². The van der Waals surface area contributed by atoms with Gasteiger partial charge in [-0.25, -0.2) is 0 Å². The standard InChI is InChI=1S/C55H93N13O11/c1-40-41(49(70)48(40)69)58-23-13-31-68(33-15-35-78-37-39-79-38-36-77-34-6-16-56)32-14-24-64-47-46(54(75)55(47)76)63-22-12-30-67(5)29-11-21-62-45-44(52(73)53(45)74)61-20-10-28-66(4)27-9-19-60-43-42(50(71)51(43)72)59-18-8-26-65(3)25-7-17-57-2/h57-64H,6-39,56H2,1-5H3. The van der Waals surface area contributed by atoms with Gasteiger partial charge in [0.1, 0.15) is 34.1 Å². The van der Waals surface area contributed by atoms with Crippen molar-refractivity contribution in [3.63, 3.8) is 0 Å². The number of anilines is 7. The van der Waals surface area contributed by atoms with Crippen LogP contribution in [0.25, 0.3) is 0 Å². The van der Waals surface area contributed by atoms with E-state index in [1.54, 1.807) is 6.92 Å². The van der Waals surface area contributed by atoms with Crippen molar-refractivity contribution >= 4 is 39.8 Å². The molecular formula is C55H93N13O11. The van der Waals surface area contributed by atoms with E-state index in [0.717, 1.165) is 130 Å². The van der Waals surface area contributed by atoms with Gasteiger partial charge in [0.25, 0.3) is 32.6 Å². The Morgan fingerprint density at radius 3 is 0.886 bits per heavy atom. The van der Waals surface area contributed by atoms with Crippen LogP contribution < -0.4 is 91.7 Å². The van der Waals surface area contributed by atoms with Crippen LogP contribution in [0.3, 0.4) is 0 Å². The quantitative estimate of drug-likeness (QED) is 0.0201. The molecule has 0 bridgehead atoms. The first kappa shape index (κ1) is 66.1. The molecule has 0 aliphatic rings. The van der Waals surface area contributed by atoms with Gasteiger partial charge in [0, 0.05) is 71.1 Å². The molecule has 4 rings (SSSR count). The lowest BCUT2D eigenvalue weighted by molar-refractivity contribution is 0.0129. The third kappa shape index (κ3) is 22.6. The fourth-order valence-electron chi connectivity index (χ4n) is 9.06. The lowest BCUT2D eigenvalue weighted by atomic mass is 10.1. The Morgan fingerprint density at radius 2 is 0.582 bits per heavy atom. The molecule has 4 aromatic carbocycles. The van der Waals surface area contributed by atoms with Crippen molar-refractivity contribution < 1.29 is 14.2 Å². The zero-order valence-corrected chi connectivity index (χ0v) is 47.9. The summed E-state index contributed by atoms with van der Waals surface area (Å²) in [6.45, 7) is 17.3. The maximum absolute atomic E-state index is 12.5. The van der Waals surface area contributed by atoms with Gasteiger partial charge in [0.15, 0.2) is 0 Å². The third-order valence-electron chi connectivity index (χ3n) is 13.8. The molecule has 0 fully saturated rings. The maximum Gasteiger partial charge on any atom is 0.253 e. The molecule has 0 saturated carbocycles. The Kier molecular flexibility index (Phi) is 31.4. The van der Waals surface area contributed by atoms with Crippen LogP contribution in [0, 0.1) is 6.92 Å². The van der Waals surface area contributed by atoms with Crippen LogP contribution >= 0.6 is 0 Å². The minimum Gasteiger partial charge on any atom is -0.381 e. The summed E-state index contributed by atoms with van der Waals surface area (Å²) in [7, 11) is 8.01. The van der Waals surface area contributed by atoms with Crippen molar-refractivity contribution in [2.45, 2.75) is 71.1 Å². The molecule has 0 spiro atoms. The number of hydrogen-bond donors (Lipinski definition) is 9. The predicted molar refractivity (Wildman–Crippen MR) is 320 cm³/mol. The summed E-state index contributed by atoms with van der Waals surface area (Å²) in [4.78, 5) is 107. The van der Waals surface area contributed by atoms with E-state index in [-0.39, 0.29) is 0 Å². The van der Waals surface area contributed by atoms with Crippen molar-refractivity contribution in [1.29, 1.82) is 0 Å². The van der Waals surface area contributed by atoms with Gasteiger partial charge >= 0.3 is 0 Å². The van der Waals surface area contributed by atoms with Crippen LogP contribution in [0.1, 0.15) is 69.8 Å². The first-order chi connectivity index (χ1) is 38.2. The van der Waals surface area contributed by atoms with Gasteiger partial charge in [-0.2, -0.15) is 0 Å².